The van der Waals surface area contributed by atoms with Crippen molar-refractivity contribution in [3.05, 3.63) is 38.9 Å². The number of methoxy groups -OCH3 is 1. The number of likely N-dealkylation sites (N-methyl/N-ethyl adjacent to an activating group) is 1. The molecule has 1 aromatic rings. The molecule has 0 spiro atoms. The number of rotatable bonds is 4. The van der Waals surface area contributed by atoms with Gasteiger partial charge in [0.1, 0.15) is 12.1 Å². The highest BCUT2D eigenvalue weighted by molar-refractivity contribution is 6.34. The molecule has 1 rings (SSSR count). The van der Waals surface area contributed by atoms with Crippen LogP contribution in [0.15, 0.2) is 18.2 Å². The number of esters is 1. The second-order valence-corrected chi connectivity index (χ2v) is 4.04. The van der Waals surface area contributed by atoms with Crippen molar-refractivity contribution >= 4 is 29.2 Å². The van der Waals surface area contributed by atoms with E-state index in [1.54, 1.807) is 0 Å². The number of carbonyl (C=O) groups excluding carboxylic acids is 2. The summed E-state index contributed by atoms with van der Waals surface area (Å²) in [5.41, 5.74) is -0.658. The van der Waals surface area contributed by atoms with Crippen LogP contribution in [-0.4, -0.2) is 42.4 Å². The molecule has 0 heterocycles. The van der Waals surface area contributed by atoms with Crippen molar-refractivity contribution in [3.63, 3.8) is 0 Å². The van der Waals surface area contributed by atoms with E-state index in [0.29, 0.717) is 0 Å². The van der Waals surface area contributed by atoms with Crippen LogP contribution in [0.2, 0.25) is 5.02 Å². The highest BCUT2D eigenvalue weighted by Crippen LogP contribution is 2.27. The number of halogens is 1. The van der Waals surface area contributed by atoms with Crippen molar-refractivity contribution in [3.8, 4) is 0 Å². The molecule has 0 aliphatic rings. The van der Waals surface area contributed by atoms with Crippen LogP contribution in [0.1, 0.15) is 10.4 Å². The molecule has 0 aliphatic heterocycles. The van der Waals surface area contributed by atoms with Gasteiger partial charge in [-0.25, -0.2) is 0 Å². The Morgan fingerprint density at radius 1 is 1.47 bits per heavy atom. The molecule has 102 valence electrons. The minimum Gasteiger partial charge on any atom is -0.468 e. The number of nitro benzene ring substituents is 1. The fourth-order valence-electron chi connectivity index (χ4n) is 1.40. The molecule has 8 heteroatoms. The first-order valence-corrected chi connectivity index (χ1v) is 5.51. The largest absolute Gasteiger partial charge is 0.468 e. The third-order valence-electron chi connectivity index (χ3n) is 2.34. The Bertz CT molecular complexity index is 532. The second kappa shape index (κ2) is 6.14. The van der Waals surface area contributed by atoms with Crippen LogP contribution in [0.3, 0.4) is 0 Å². The van der Waals surface area contributed by atoms with Gasteiger partial charge in [-0.1, -0.05) is 17.7 Å². The summed E-state index contributed by atoms with van der Waals surface area (Å²) in [5.74, 6) is -1.35. The molecular weight excluding hydrogens is 276 g/mol. The fraction of sp³-hybridized carbons (Fsp3) is 0.273. The number of amides is 1. The van der Waals surface area contributed by atoms with Gasteiger partial charge in [-0.15, -0.1) is 0 Å². The lowest BCUT2D eigenvalue weighted by atomic mass is 10.1. The van der Waals surface area contributed by atoms with Crippen LogP contribution in [0.5, 0.6) is 0 Å². The number of hydrogen-bond donors (Lipinski definition) is 0. The normalized spacial score (nSPS) is 9.84. The molecule has 1 aromatic carbocycles. The van der Waals surface area contributed by atoms with Gasteiger partial charge in [0.05, 0.1) is 17.1 Å². The fourth-order valence-corrected chi connectivity index (χ4v) is 1.65. The van der Waals surface area contributed by atoms with Crippen LogP contribution in [-0.2, 0) is 9.53 Å². The minimum absolute atomic E-state index is 0.0454. The molecule has 0 atom stereocenters. The predicted octanol–water partition coefficient (Wildman–Crippen LogP) is 1.49. The van der Waals surface area contributed by atoms with Crippen LogP contribution >= 0.6 is 11.6 Å². The van der Waals surface area contributed by atoms with Gasteiger partial charge < -0.3 is 9.64 Å². The number of carbonyl (C=O) groups is 2. The Labute approximate surface area is 113 Å². The van der Waals surface area contributed by atoms with E-state index in [2.05, 4.69) is 4.74 Å². The van der Waals surface area contributed by atoms with Gasteiger partial charge in [0.15, 0.2) is 0 Å². The zero-order valence-corrected chi connectivity index (χ0v) is 11.0. The standard InChI is InChI=1S/C11H11ClN2O5/c1-13(6-9(15)19-2)11(16)10-7(12)4-3-5-8(10)14(17)18/h3-5H,6H2,1-2H3. The number of nitro groups is 1. The van der Waals surface area contributed by atoms with Crippen LogP contribution in [0, 0.1) is 10.1 Å². The zero-order chi connectivity index (χ0) is 14.6. The van der Waals surface area contributed by atoms with Crippen LogP contribution in [0.4, 0.5) is 5.69 Å². The molecule has 7 nitrogen and oxygen atoms in total. The Morgan fingerprint density at radius 3 is 2.63 bits per heavy atom. The summed E-state index contributed by atoms with van der Waals surface area (Å²) in [6.45, 7) is -0.322. The summed E-state index contributed by atoms with van der Waals surface area (Å²) >= 11 is 5.81. The van der Waals surface area contributed by atoms with E-state index in [0.717, 1.165) is 4.90 Å². The molecule has 0 bridgehead atoms. The monoisotopic (exact) mass is 286 g/mol. The molecule has 0 radical (unpaired) electrons. The van der Waals surface area contributed by atoms with E-state index in [1.165, 1.54) is 32.4 Å². The van der Waals surface area contributed by atoms with Crippen molar-refractivity contribution in [2.75, 3.05) is 20.7 Å². The lowest BCUT2D eigenvalue weighted by molar-refractivity contribution is -0.385. The maximum absolute atomic E-state index is 12.1. The topological polar surface area (TPSA) is 89.8 Å². The molecule has 0 N–H and O–H groups in total. The average molecular weight is 287 g/mol. The van der Waals surface area contributed by atoms with Gasteiger partial charge in [0.2, 0.25) is 0 Å². The summed E-state index contributed by atoms with van der Waals surface area (Å²) < 4.78 is 4.42. The third kappa shape index (κ3) is 3.41. The van der Waals surface area contributed by atoms with Crippen molar-refractivity contribution in [1.29, 1.82) is 0 Å². The molecule has 0 saturated heterocycles. The van der Waals surface area contributed by atoms with E-state index in [1.807, 2.05) is 0 Å². The summed E-state index contributed by atoms with van der Waals surface area (Å²) in [6.07, 6.45) is 0. The highest BCUT2D eigenvalue weighted by atomic mass is 35.5. The quantitative estimate of drug-likeness (QED) is 0.475. The van der Waals surface area contributed by atoms with Crippen LogP contribution in [0.25, 0.3) is 0 Å². The van der Waals surface area contributed by atoms with Crippen molar-refractivity contribution in [1.82, 2.24) is 4.90 Å². The maximum atomic E-state index is 12.1. The minimum atomic E-state index is -0.720. The van der Waals surface area contributed by atoms with Gasteiger partial charge in [0, 0.05) is 13.1 Å². The molecule has 0 aromatic heterocycles. The molecule has 0 saturated carbocycles. The van der Waals surface area contributed by atoms with E-state index in [4.69, 9.17) is 11.6 Å². The summed E-state index contributed by atoms with van der Waals surface area (Å²) in [5, 5.41) is 10.8. The molecule has 0 unspecified atom stereocenters. The van der Waals surface area contributed by atoms with Gasteiger partial charge in [-0.3, -0.25) is 19.7 Å². The number of ether oxygens (including phenoxy) is 1. The maximum Gasteiger partial charge on any atom is 0.325 e. The second-order valence-electron chi connectivity index (χ2n) is 3.63. The summed E-state index contributed by atoms with van der Waals surface area (Å²) in [4.78, 5) is 34.3. The van der Waals surface area contributed by atoms with E-state index in [-0.39, 0.29) is 17.1 Å². The van der Waals surface area contributed by atoms with Crippen molar-refractivity contribution in [2.45, 2.75) is 0 Å². The Hall–Kier alpha value is -2.15. The van der Waals surface area contributed by atoms with Crippen molar-refractivity contribution in [2.24, 2.45) is 0 Å². The summed E-state index contributed by atoms with van der Waals surface area (Å²) in [6, 6.07) is 3.91. The van der Waals surface area contributed by atoms with Gasteiger partial charge in [0.25, 0.3) is 11.6 Å². The summed E-state index contributed by atoms with van der Waals surface area (Å²) in [7, 11) is 2.50. The molecule has 19 heavy (non-hydrogen) atoms. The Balaban J connectivity index is 3.12. The van der Waals surface area contributed by atoms with Gasteiger partial charge >= 0.3 is 5.97 Å². The van der Waals surface area contributed by atoms with E-state index in [9.17, 15) is 19.7 Å². The number of hydrogen-bond acceptors (Lipinski definition) is 5. The molecule has 0 aliphatic carbocycles. The Morgan fingerprint density at radius 2 is 2.11 bits per heavy atom. The van der Waals surface area contributed by atoms with E-state index < -0.39 is 22.5 Å². The Kier molecular flexibility index (Phi) is 4.82. The van der Waals surface area contributed by atoms with Crippen LogP contribution < -0.4 is 0 Å². The predicted molar refractivity (Wildman–Crippen MR) is 67.1 cm³/mol. The van der Waals surface area contributed by atoms with Gasteiger partial charge in [-0.05, 0) is 6.07 Å². The first kappa shape index (κ1) is 14.9. The average Bonchev–Trinajstić information content (AvgIpc) is 2.37. The lowest BCUT2D eigenvalue weighted by Gasteiger charge is -2.16. The van der Waals surface area contributed by atoms with Gasteiger partial charge in [-0.2, -0.15) is 0 Å². The smallest absolute Gasteiger partial charge is 0.325 e. The SMILES string of the molecule is COC(=O)CN(C)C(=O)c1c(Cl)cccc1[N+](=O)[O-]. The van der Waals surface area contributed by atoms with Crippen molar-refractivity contribution < 1.29 is 19.2 Å². The third-order valence-corrected chi connectivity index (χ3v) is 2.66. The first-order valence-electron chi connectivity index (χ1n) is 5.13. The lowest BCUT2D eigenvalue weighted by Crippen LogP contribution is -2.33. The molecule has 0 fully saturated rings. The number of benzene rings is 1. The molecule has 1 amide bonds. The zero-order valence-electron chi connectivity index (χ0n) is 10.3. The number of nitrogens with zero attached hydrogens (tertiary/aromatic N) is 2. The highest BCUT2D eigenvalue weighted by Gasteiger charge is 2.26. The molecular formula is C11H11ClN2O5. The first-order chi connectivity index (χ1) is 8.88. The van der Waals surface area contributed by atoms with E-state index >= 15 is 0 Å².